The normalized spacial score (nSPS) is 10.7. The third-order valence-electron chi connectivity index (χ3n) is 2.21. The van der Waals surface area contributed by atoms with Gasteiger partial charge in [0.25, 0.3) is 0 Å². The first kappa shape index (κ1) is 11.7. The van der Waals surface area contributed by atoms with Gasteiger partial charge in [-0.05, 0) is 21.0 Å². The maximum atomic E-state index is 5.56. The van der Waals surface area contributed by atoms with Gasteiger partial charge in [-0.1, -0.05) is 0 Å². The van der Waals surface area contributed by atoms with Crippen LogP contribution in [0.15, 0.2) is 6.20 Å². The Bertz CT molecular complexity index is 324. The van der Waals surface area contributed by atoms with E-state index in [1.807, 2.05) is 14.0 Å². The van der Waals surface area contributed by atoms with E-state index in [-0.39, 0.29) is 0 Å². The minimum atomic E-state index is 0.326. The molecule has 2 N–H and O–H groups in total. The van der Waals surface area contributed by atoms with E-state index in [0.717, 1.165) is 24.5 Å². The van der Waals surface area contributed by atoms with E-state index in [9.17, 15) is 0 Å². The molecule has 0 aromatic carbocycles. The summed E-state index contributed by atoms with van der Waals surface area (Å²) in [6.07, 6.45) is 1.75. The van der Waals surface area contributed by atoms with E-state index in [1.165, 1.54) is 0 Å². The molecule has 84 valence electrons. The number of nitrogen functional groups attached to an aromatic ring is 1. The van der Waals surface area contributed by atoms with Crippen molar-refractivity contribution in [3.8, 4) is 0 Å². The summed E-state index contributed by atoms with van der Waals surface area (Å²) >= 11 is 0. The number of aromatic nitrogens is 2. The number of nitrogens with two attached hydrogens (primary N) is 1. The van der Waals surface area contributed by atoms with Gasteiger partial charge < -0.3 is 15.5 Å². The van der Waals surface area contributed by atoms with Crippen molar-refractivity contribution < 1.29 is 0 Å². The van der Waals surface area contributed by atoms with Crippen LogP contribution < -0.4 is 10.6 Å². The molecular weight excluding hydrogens is 190 g/mol. The van der Waals surface area contributed by atoms with E-state index in [0.29, 0.717) is 5.95 Å². The van der Waals surface area contributed by atoms with Crippen molar-refractivity contribution in [1.82, 2.24) is 14.9 Å². The minimum absolute atomic E-state index is 0.326. The summed E-state index contributed by atoms with van der Waals surface area (Å²) < 4.78 is 0. The summed E-state index contributed by atoms with van der Waals surface area (Å²) in [6, 6.07) is 0. The molecule has 0 atom stereocenters. The maximum absolute atomic E-state index is 5.56. The molecule has 0 saturated carbocycles. The fraction of sp³-hybridized carbons (Fsp3) is 0.600. The molecule has 0 saturated heterocycles. The van der Waals surface area contributed by atoms with Gasteiger partial charge in [-0.25, -0.2) is 4.98 Å². The number of rotatable bonds is 4. The SMILES string of the molecule is Cc1cnc(N)nc1N(C)CCN(C)C. The van der Waals surface area contributed by atoms with Crippen LogP contribution in [0.1, 0.15) is 5.56 Å². The van der Waals surface area contributed by atoms with Crippen molar-refractivity contribution in [3.05, 3.63) is 11.8 Å². The number of anilines is 2. The fourth-order valence-electron chi connectivity index (χ4n) is 1.29. The van der Waals surface area contributed by atoms with Crippen molar-refractivity contribution in [2.75, 3.05) is 44.9 Å². The van der Waals surface area contributed by atoms with Crippen molar-refractivity contribution in [1.29, 1.82) is 0 Å². The molecule has 0 amide bonds. The fourth-order valence-corrected chi connectivity index (χ4v) is 1.29. The Kier molecular flexibility index (Phi) is 3.85. The van der Waals surface area contributed by atoms with Gasteiger partial charge >= 0.3 is 0 Å². The summed E-state index contributed by atoms with van der Waals surface area (Å²) in [5.74, 6) is 1.23. The molecule has 5 heteroatoms. The Labute approximate surface area is 90.9 Å². The van der Waals surface area contributed by atoms with Crippen molar-refractivity contribution in [2.24, 2.45) is 0 Å². The highest BCUT2D eigenvalue weighted by Gasteiger charge is 2.07. The quantitative estimate of drug-likeness (QED) is 0.776. The van der Waals surface area contributed by atoms with E-state index in [4.69, 9.17) is 5.73 Å². The van der Waals surface area contributed by atoms with Crippen LogP contribution >= 0.6 is 0 Å². The molecule has 0 spiro atoms. The van der Waals surface area contributed by atoms with Gasteiger partial charge in [0.2, 0.25) is 5.95 Å². The first-order chi connectivity index (χ1) is 7.00. The molecular formula is C10H19N5. The highest BCUT2D eigenvalue weighted by molar-refractivity contribution is 5.47. The number of hydrogen-bond acceptors (Lipinski definition) is 5. The smallest absolute Gasteiger partial charge is 0.221 e. The lowest BCUT2D eigenvalue weighted by molar-refractivity contribution is 0.416. The Balaban J connectivity index is 2.72. The highest BCUT2D eigenvalue weighted by atomic mass is 15.2. The molecule has 1 aromatic heterocycles. The zero-order valence-corrected chi connectivity index (χ0v) is 9.86. The topological polar surface area (TPSA) is 58.3 Å². The zero-order chi connectivity index (χ0) is 11.4. The summed E-state index contributed by atoms with van der Waals surface area (Å²) in [5.41, 5.74) is 6.61. The van der Waals surface area contributed by atoms with Gasteiger partial charge in [-0.3, -0.25) is 0 Å². The number of nitrogens with zero attached hydrogens (tertiary/aromatic N) is 4. The predicted octanol–water partition coefficient (Wildman–Crippen LogP) is 0.365. The molecule has 0 aliphatic rings. The van der Waals surface area contributed by atoms with E-state index in [2.05, 4.69) is 33.9 Å². The summed E-state index contributed by atoms with van der Waals surface area (Å²) in [4.78, 5) is 12.4. The molecule has 0 fully saturated rings. The maximum Gasteiger partial charge on any atom is 0.221 e. The monoisotopic (exact) mass is 209 g/mol. The van der Waals surface area contributed by atoms with Crippen LogP contribution in [-0.4, -0.2) is 49.1 Å². The van der Waals surface area contributed by atoms with Gasteiger partial charge in [0, 0.05) is 31.9 Å². The Morgan fingerprint density at radius 1 is 1.27 bits per heavy atom. The van der Waals surface area contributed by atoms with Crippen molar-refractivity contribution >= 4 is 11.8 Å². The second kappa shape index (κ2) is 4.93. The van der Waals surface area contributed by atoms with Crippen molar-refractivity contribution in [3.63, 3.8) is 0 Å². The van der Waals surface area contributed by atoms with Crippen LogP contribution in [0.5, 0.6) is 0 Å². The molecule has 1 rings (SSSR count). The third-order valence-corrected chi connectivity index (χ3v) is 2.21. The molecule has 5 nitrogen and oxygen atoms in total. The highest BCUT2D eigenvalue weighted by Crippen LogP contribution is 2.14. The van der Waals surface area contributed by atoms with Crippen molar-refractivity contribution in [2.45, 2.75) is 6.92 Å². The number of hydrogen-bond donors (Lipinski definition) is 1. The molecule has 0 bridgehead atoms. The van der Waals surface area contributed by atoms with Gasteiger partial charge in [-0.2, -0.15) is 4.98 Å². The van der Waals surface area contributed by atoms with Crippen LogP contribution in [0.4, 0.5) is 11.8 Å². The van der Waals surface area contributed by atoms with Crippen LogP contribution in [-0.2, 0) is 0 Å². The van der Waals surface area contributed by atoms with Crippen LogP contribution in [0, 0.1) is 6.92 Å². The van der Waals surface area contributed by atoms with Crippen LogP contribution in [0.25, 0.3) is 0 Å². The molecule has 0 aliphatic heterocycles. The predicted molar refractivity (Wildman–Crippen MR) is 63.0 cm³/mol. The average molecular weight is 209 g/mol. The summed E-state index contributed by atoms with van der Waals surface area (Å²) in [7, 11) is 6.11. The van der Waals surface area contributed by atoms with E-state index >= 15 is 0 Å². The molecule has 1 aromatic rings. The van der Waals surface area contributed by atoms with Gasteiger partial charge in [-0.15, -0.1) is 0 Å². The van der Waals surface area contributed by atoms with Crippen LogP contribution in [0.3, 0.4) is 0 Å². The second-order valence-electron chi connectivity index (χ2n) is 3.96. The Morgan fingerprint density at radius 3 is 2.53 bits per heavy atom. The zero-order valence-electron chi connectivity index (χ0n) is 9.86. The molecule has 0 aliphatic carbocycles. The van der Waals surface area contributed by atoms with Gasteiger partial charge in [0.15, 0.2) is 0 Å². The first-order valence-corrected chi connectivity index (χ1v) is 4.95. The van der Waals surface area contributed by atoms with E-state index < -0.39 is 0 Å². The lowest BCUT2D eigenvalue weighted by Crippen LogP contribution is -2.29. The lowest BCUT2D eigenvalue weighted by Gasteiger charge is -2.21. The largest absolute Gasteiger partial charge is 0.368 e. The lowest BCUT2D eigenvalue weighted by atomic mass is 10.3. The Morgan fingerprint density at radius 2 is 1.93 bits per heavy atom. The Hall–Kier alpha value is -1.36. The van der Waals surface area contributed by atoms with Gasteiger partial charge in [0.05, 0.1) is 0 Å². The standard InChI is InChI=1S/C10H19N5/c1-8-7-12-10(11)13-9(8)15(4)6-5-14(2)3/h7H,5-6H2,1-4H3,(H2,11,12,13). The first-order valence-electron chi connectivity index (χ1n) is 4.95. The van der Waals surface area contributed by atoms with E-state index in [1.54, 1.807) is 6.20 Å². The summed E-state index contributed by atoms with van der Waals surface area (Å²) in [6.45, 7) is 3.89. The molecule has 0 radical (unpaired) electrons. The molecule has 0 unspecified atom stereocenters. The summed E-state index contributed by atoms with van der Waals surface area (Å²) in [5, 5.41) is 0. The minimum Gasteiger partial charge on any atom is -0.368 e. The van der Waals surface area contributed by atoms with Crippen LogP contribution in [0.2, 0.25) is 0 Å². The molecule has 15 heavy (non-hydrogen) atoms. The second-order valence-corrected chi connectivity index (χ2v) is 3.96. The average Bonchev–Trinajstić information content (AvgIpc) is 2.18. The van der Waals surface area contributed by atoms with Gasteiger partial charge in [0.1, 0.15) is 5.82 Å². The number of likely N-dealkylation sites (N-methyl/N-ethyl adjacent to an activating group) is 2. The number of aryl methyl sites for hydroxylation is 1. The third kappa shape index (κ3) is 3.36. The molecule has 1 heterocycles.